The lowest BCUT2D eigenvalue weighted by molar-refractivity contribution is -0.153. The van der Waals surface area contributed by atoms with Crippen molar-refractivity contribution >= 4 is 23.4 Å². The maximum atomic E-state index is 13.2. The number of aliphatic hydroxyl groups excluding tert-OH is 1. The van der Waals surface area contributed by atoms with Crippen LogP contribution in [0.1, 0.15) is 34.8 Å². The van der Waals surface area contributed by atoms with Crippen molar-refractivity contribution < 1.29 is 24.2 Å². The minimum Gasteiger partial charge on any atom is -0.380 e. The number of hydrogen-bond donors (Lipinski definition) is 2. The van der Waals surface area contributed by atoms with E-state index in [0.717, 1.165) is 12.0 Å². The lowest BCUT2D eigenvalue weighted by Gasteiger charge is -2.34. The summed E-state index contributed by atoms with van der Waals surface area (Å²) in [4.78, 5) is 42.1. The number of fused-ring (bicyclic) bond motifs is 1. The molecule has 2 heterocycles. The van der Waals surface area contributed by atoms with Gasteiger partial charge in [-0.2, -0.15) is 0 Å². The molecule has 2 aliphatic rings. The largest absolute Gasteiger partial charge is 0.380 e. The van der Waals surface area contributed by atoms with Crippen molar-refractivity contribution in [2.45, 2.75) is 44.6 Å². The van der Waals surface area contributed by atoms with Crippen LogP contribution in [0.2, 0.25) is 0 Å². The van der Waals surface area contributed by atoms with Crippen LogP contribution in [0.25, 0.3) is 0 Å². The summed E-state index contributed by atoms with van der Waals surface area (Å²) in [5.41, 5.74) is 3.41. The van der Waals surface area contributed by atoms with Crippen LogP contribution in [-0.2, 0) is 27.3 Å². The Kier molecular flexibility index (Phi) is 7.63. The highest BCUT2D eigenvalue weighted by Crippen LogP contribution is 2.25. The van der Waals surface area contributed by atoms with Crippen molar-refractivity contribution in [2.24, 2.45) is 0 Å². The van der Waals surface area contributed by atoms with Gasteiger partial charge in [0, 0.05) is 36.9 Å². The maximum Gasteiger partial charge on any atom is 0.259 e. The number of nitrogens with zero attached hydrogens (tertiary/aromatic N) is 2. The van der Waals surface area contributed by atoms with Crippen LogP contribution >= 0.6 is 0 Å². The molecule has 1 fully saturated rings. The van der Waals surface area contributed by atoms with Gasteiger partial charge in [0.05, 0.1) is 6.61 Å². The Labute approximate surface area is 205 Å². The number of anilines is 1. The number of ether oxygens (including phenoxy) is 1. The van der Waals surface area contributed by atoms with Crippen molar-refractivity contribution in [1.29, 1.82) is 0 Å². The van der Waals surface area contributed by atoms with Gasteiger partial charge < -0.3 is 25.0 Å². The first-order chi connectivity index (χ1) is 16.9. The minimum absolute atomic E-state index is 0.103. The van der Waals surface area contributed by atoms with E-state index in [9.17, 15) is 19.5 Å². The number of rotatable bonds is 7. The zero-order chi connectivity index (χ0) is 24.9. The van der Waals surface area contributed by atoms with Crippen molar-refractivity contribution in [3.8, 4) is 0 Å². The monoisotopic (exact) mass is 477 g/mol. The average Bonchev–Trinajstić information content (AvgIpc) is 2.88. The number of nitrogens with one attached hydrogen (secondary N) is 1. The van der Waals surface area contributed by atoms with Crippen molar-refractivity contribution in [3.05, 3.63) is 77.9 Å². The fourth-order valence-electron chi connectivity index (χ4n) is 4.52. The number of carbonyl (C=O) groups excluding carboxylic acids is 3. The van der Waals surface area contributed by atoms with Crippen LogP contribution < -0.4 is 10.2 Å². The average molecular weight is 478 g/mol. The number of carbonyl (C=O) groups is 3. The Morgan fingerprint density at radius 2 is 1.97 bits per heavy atom. The molecule has 184 valence electrons. The summed E-state index contributed by atoms with van der Waals surface area (Å²) in [5, 5.41) is 13.2. The predicted octanol–water partition coefficient (Wildman–Crippen LogP) is 2.06. The first kappa shape index (κ1) is 24.6. The molecule has 3 atom stereocenters. The van der Waals surface area contributed by atoms with E-state index < -0.39 is 24.0 Å². The summed E-state index contributed by atoms with van der Waals surface area (Å²) in [6.07, 6.45) is 0.0379. The normalized spacial score (nSPS) is 19.5. The first-order valence-corrected chi connectivity index (χ1v) is 11.9. The SMILES string of the molecule is C=CCC(C)NC(=O)[C@H](O)[C@H]1OCCN(c2cccc(C(=O)N3CCc4ccccc4C3)c2)C1=O. The van der Waals surface area contributed by atoms with E-state index in [0.29, 0.717) is 30.8 Å². The predicted molar refractivity (Wildman–Crippen MR) is 132 cm³/mol. The van der Waals surface area contributed by atoms with Gasteiger partial charge >= 0.3 is 0 Å². The quantitative estimate of drug-likeness (QED) is 0.595. The lowest BCUT2D eigenvalue weighted by atomic mass is 9.99. The highest BCUT2D eigenvalue weighted by molar-refractivity contribution is 6.02. The molecule has 4 rings (SSSR count). The van der Waals surface area contributed by atoms with Crippen LogP contribution in [0.4, 0.5) is 5.69 Å². The topological polar surface area (TPSA) is 99.2 Å². The molecule has 0 saturated carbocycles. The minimum atomic E-state index is -1.64. The lowest BCUT2D eigenvalue weighted by Crippen LogP contribution is -2.57. The summed E-state index contributed by atoms with van der Waals surface area (Å²) in [6.45, 7) is 7.00. The van der Waals surface area contributed by atoms with Gasteiger partial charge in [0.15, 0.2) is 12.2 Å². The third-order valence-corrected chi connectivity index (χ3v) is 6.41. The summed E-state index contributed by atoms with van der Waals surface area (Å²) in [6, 6.07) is 14.8. The maximum absolute atomic E-state index is 13.2. The van der Waals surface area contributed by atoms with E-state index in [1.54, 1.807) is 37.3 Å². The van der Waals surface area contributed by atoms with Crippen LogP contribution in [0.3, 0.4) is 0 Å². The van der Waals surface area contributed by atoms with Gasteiger partial charge in [-0.05, 0) is 49.1 Å². The zero-order valence-corrected chi connectivity index (χ0v) is 19.9. The number of amides is 3. The molecule has 8 nitrogen and oxygen atoms in total. The second-order valence-electron chi connectivity index (χ2n) is 8.96. The van der Waals surface area contributed by atoms with Gasteiger partial charge in [0.1, 0.15) is 0 Å². The Balaban J connectivity index is 1.46. The Bertz CT molecular complexity index is 1120. The van der Waals surface area contributed by atoms with Crippen LogP contribution in [-0.4, -0.2) is 65.7 Å². The second-order valence-corrected chi connectivity index (χ2v) is 8.96. The van der Waals surface area contributed by atoms with Crippen molar-refractivity contribution in [1.82, 2.24) is 10.2 Å². The first-order valence-electron chi connectivity index (χ1n) is 11.9. The van der Waals surface area contributed by atoms with Gasteiger partial charge in [-0.15, -0.1) is 6.58 Å². The second kappa shape index (κ2) is 10.8. The van der Waals surface area contributed by atoms with E-state index in [2.05, 4.69) is 18.0 Å². The molecule has 0 spiro atoms. The number of benzene rings is 2. The summed E-state index contributed by atoms with van der Waals surface area (Å²) in [5.74, 6) is -1.30. The molecule has 0 aliphatic carbocycles. The van der Waals surface area contributed by atoms with Gasteiger partial charge in [0.25, 0.3) is 17.7 Å². The zero-order valence-electron chi connectivity index (χ0n) is 19.9. The molecule has 0 aromatic heterocycles. The molecular weight excluding hydrogens is 446 g/mol. The Morgan fingerprint density at radius 1 is 1.20 bits per heavy atom. The molecule has 1 unspecified atom stereocenters. The van der Waals surface area contributed by atoms with Crippen LogP contribution in [0.15, 0.2) is 61.2 Å². The fraction of sp³-hybridized carbons (Fsp3) is 0.370. The van der Waals surface area contributed by atoms with Crippen LogP contribution in [0, 0.1) is 0 Å². The molecule has 2 aromatic rings. The molecule has 2 aromatic carbocycles. The third kappa shape index (κ3) is 5.44. The summed E-state index contributed by atoms with van der Waals surface area (Å²) >= 11 is 0. The molecule has 2 aliphatic heterocycles. The van der Waals surface area contributed by atoms with Gasteiger partial charge in [0.2, 0.25) is 0 Å². The Hall–Kier alpha value is -3.49. The van der Waals surface area contributed by atoms with Crippen molar-refractivity contribution in [3.63, 3.8) is 0 Å². The molecular formula is C27H31N3O5. The molecule has 2 N–H and O–H groups in total. The van der Waals surface area contributed by atoms with E-state index in [4.69, 9.17) is 4.74 Å². The van der Waals surface area contributed by atoms with E-state index in [1.807, 2.05) is 23.1 Å². The molecule has 0 bridgehead atoms. The molecule has 35 heavy (non-hydrogen) atoms. The molecule has 0 radical (unpaired) electrons. The standard InChI is InChI=1S/C27H31N3O5/c1-3-7-18(2)28-25(32)23(31)24-27(34)30(14-15-35-24)22-11-6-10-20(16-22)26(33)29-13-12-19-8-4-5-9-21(19)17-29/h3-6,8-11,16,18,23-24,31H,1,7,12-15,17H2,2H3,(H,28,32)/t18?,23-,24-/m1/s1. The van der Waals surface area contributed by atoms with E-state index in [1.165, 1.54) is 10.5 Å². The van der Waals surface area contributed by atoms with Gasteiger partial charge in [-0.1, -0.05) is 36.4 Å². The smallest absolute Gasteiger partial charge is 0.259 e. The van der Waals surface area contributed by atoms with Crippen LogP contribution in [0.5, 0.6) is 0 Å². The molecule has 1 saturated heterocycles. The van der Waals surface area contributed by atoms with E-state index >= 15 is 0 Å². The van der Waals surface area contributed by atoms with Crippen molar-refractivity contribution in [2.75, 3.05) is 24.6 Å². The fourth-order valence-corrected chi connectivity index (χ4v) is 4.52. The highest BCUT2D eigenvalue weighted by Gasteiger charge is 2.39. The summed E-state index contributed by atoms with van der Waals surface area (Å²) < 4.78 is 5.48. The third-order valence-electron chi connectivity index (χ3n) is 6.41. The number of hydrogen-bond acceptors (Lipinski definition) is 5. The number of aliphatic hydroxyl groups is 1. The van der Waals surface area contributed by atoms with Gasteiger partial charge in [-0.3, -0.25) is 14.4 Å². The van der Waals surface area contributed by atoms with E-state index in [-0.39, 0.29) is 25.1 Å². The number of morpholine rings is 1. The highest BCUT2D eigenvalue weighted by atomic mass is 16.5. The molecule has 3 amide bonds. The van der Waals surface area contributed by atoms with Gasteiger partial charge in [-0.25, -0.2) is 0 Å². The summed E-state index contributed by atoms with van der Waals surface area (Å²) in [7, 11) is 0. The molecule has 8 heteroatoms. The Morgan fingerprint density at radius 3 is 2.74 bits per heavy atom.